The number of ether oxygens (including phenoxy) is 2. The van der Waals surface area contributed by atoms with Crippen LogP contribution < -0.4 is 20.9 Å². The Labute approximate surface area is 174 Å². The summed E-state index contributed by atoms with van der Waals surface area (Å²) < 4.78 is 13.4. The number of hydrogen-bond donors (Lipinski definition) is 2. The van der Waals surface area contributed by atoms with Crippen LogP contribution in [-0.2, 0) is 6.54 Å². The number of imidazole rings is 1. The number of fused-ring (bicyclic) bond motifs is 1. The van der Waals surface area contributed by atoms with E-state index in [4.69, 9.17) is 25.9 Å². The van der Waals surface area contributed by atoms with E-state index in [1.54, 1.807) is 19.2 Å². The second kappa shape index (κ2) is 7.90. The van der Waals surface area contributed by atoms with E-state index in [-0.39, 0.29) is 0 Å². The van der Waals surface area contributed by atoms with Gasteiger partial charge < -0.3 is 25.5 Å². The van der Waals surface area contributed by atoms with Crippen LogP contribution in [0.1, 0.15) is 11.4 Å². The molecule has 8 heteroatoms. The van der Waals surface area contributed by atoms with Crippen molar-refractivity contribution >= 4 is 22.8 Å². The Morgan fingerprint density at radius 2 is 1.67 bits per heavy atom. The van der Waals surface area contributed by atoms with E-state index in [2.05, 4.69) is 9.97 Å². The Morgan fingerprint density at radius 3 is 2.40 bits per heavy atom. The zero-order chi connectivity index (χ0) is 21.3. The van der Waals surface area contributed by atoms with Gasteiger partial charge in [0.25, 0.3) is 0 Å². The molecule has 4 aromatic rings. The average Bonchev–Trinajstić information content (AvgIpc) is 3.02. The number of nitrogens with two attached hydrogens (primary N) is 2. The van der Waals surface area contributed by atoms with Gasteiger partial charge in [-0.15, -0.1) is 0 Å². The summed E-state index contributed by atoms with van der Waals surface area (Å²) in [6.07, 6.45) is 0. The van der Waals surface area contributed by atoms with Gasteiger partial charge in [0.15, 0.2) is 17.1 Å². The average molecular weight is 404 g/mol. The van der Waals surface area contributed by atoms with Gasteiger partial charge >= 0.3 is 0 Å². The molecular weight excluding hydrogens is 380 g/mol. The molecule has 0 amide bonds. The van der Waals surface area contributed by atoms with Crippen molar-refractivity contribution < 1.29 is 9.47 Å². The minimum absolute atomic E-state index is 0.358. The molecule has 0 atom stereocenters. The first-order valence-electron chi connectivity index (χ1n) is 9.59. The fourth-order valence-electron chi connectivity index (χ4n) is 3.41. The first-order chi connectivity index (χ1) is 14.4. The highest BCUT2D eigenvalue weighted by molar-refractivity contribution is 5.77. The van der Waals surface area contributed by atoms with Gasteiger partial charge in [-0.1, -0.05) is 6.07 Å². The van der Waals surface area contributed by atoms with Crippen LogP contribution in [0.15, 0.2) is 42.5 Å². The number of benzene rings is 1. The molecule has 0 aliphatic heterocycles. The van der Waals surface area contributed by atoms with Crippen LogP contribution in [0, 0.1) is 13.8 Å². The molecule has 1 aromatic carbocycles. The van der Waals surface area contributed by atoms with Gasteiger partial charge in [-0.2, -0.15) is 0 Å². The summed E-state index contributed by atoms with van der Waals surface area (Å²) in [5, 5.41) is 0. The SMILES string of the molecule is COc1ccc(C)cc1OCCn1c(C)nc2ccc(-c3cc(N)nc(N)c3)nc21. The fraction of sp³-hybridized carbons (Fsp3) is 0.227. The van der Waals surface area contributed by atoms with Gasteiger partial charge in [-0.05, 0) is 55.8 Å². The van der Waals surface area contributed by atoms with Crippen molar-refractivity contribution in [1.82, 2.24) is 19.5 Å². The zero-order valence-corrected chi connectivity index (χ0v) is 17.2. The van der Waals surface area contributed by atoms with E-state index in [1.165, 1.54) is 0 Å². The summed E-state index contributed by atoms with van der Waals surface area (Å²) in [6, 6.07) is 13.2. The number of aryl methyl sites for hydroxylation is 2. The molecule has 0 fully saturated rings. The molecule has 0 saturated heterocycles. The highest BCUT2D eigenvalue weighted by Gasteiger charge is 2.12. The Balaban J connectivity index is 1.61. The van der Waals surface area contributed by atoms with Gasteiger partial charge in [0.2, 0.25) is 0 Å². The number of aromatic nitrogens is 4. The topological polar surface area (TPSA) is 114 Å². The first kappa shape index (κ1) is 19.5. The number of anilines is 2. The maximum Gasteiger partial charge on any atom is 0.161 e. The highest BCUT2D eigenvalue weighted by Crippen LogP contribution is 2.28. The number of rotatable bonds is 6. The number of methoxy groups -OCH3 is 1. The Kier molecular flexibility index (Phi) is 5.14. The molecule has 4 N–H and O–H groups in total. The lowest BCUT2D eigenvalue weighted by Gasteiger charge is -2.13. The van der Waals surface area contributed by atoms with Crippen LogP contribution in [0.25, 0.3) is 22.4 Å². The Hall–Kier alpha value is -3.81. The molecule has 0 aliphatic carbocycles. The van der Waals surface area contributed by atoms with E-state index in [0.717, 1.165) is 39.6 Å². The summed E-state index contributed by atoms with van der Waals surface area (Å²) in [5.74, 6) is 3.01. The Bertz CT molecular complexity index is 1200. The predicted molar refractivity (Wildman–Crippen MR) is 118 cm³/mol. The second-order valence-electron chi connectivity index (χ2n) is 7.06. The van der Waals surface area contributed by atoms with Gasteiger partial charge in [0.05, 0.1) is 19.3 Å². The summed E-state index contributed by atoms with van der Waals surface area (Å²) in [5.41, 5.74) is 15.9. The predicted octanol–water partition coefficient (Wildman–Crippen LogP) is 3.36. The molecule has 3 heterocycles. The minimum Gasteiger partial charge on any atom is -0.493 e. The molecule has 0 unspecified atom stereocenters. The van der Waals surface area contributed by atoms with Crippen LogP contribution in [0.5, 0.6) is 11.5 Å². The van der Waals surface area contributed by atoms with Crippen molar-refractivity contribution in [3.8, 4) is 22.8 Å². The van der Waals surface area contributed by atoms with Gasteiger partial charge in [0, 0.05) is 5.56 Å². The van der Waals surface area contributed by atoms with Crippen molar-refractivity contribution in [3.05, 3.63) is 53.9 Å². The number of nitrogen functional groups attached to an aromatic ring is 2. The van der Waals surface area contributed by atoms with E-state index in [0.29, 0.717) is 30.5 Å². The third-order valence-electron chi connectivity index (χ3n) is 4.84. The van der Waals surface area contributed by atoms with E-state index in [1.807, 2.05) is 48.7 Å². The number of nitrogens with zero attached hydrogens (tertiary/aromatic N) is 4. The molecule has 8 nitrogen and oxygen atoms in total. The third-order valence-corrected chi connectivity index (χ3v) is 4.84. The molecule has 0 aliphatic rings. The van der Waals surface area contributed by atoms with E-state index < -0.39 is 0 Å². The lowest BCUT2D eigenvalue weighted by atomic mass is 10.1. The molecular formula is C22H24N6O2. The van der Waals surface area contributed by atoms with Crippen LogP contribution in [0.3, 0.4) is 0 Å². The quantitative estimate of drug-likeness (QED) is 0.506. The monoisotopic (exact) mass is 404 g/mol. The van der Waals surface area contributed by atoms with Crippen LogP contribution in [0.2, 0.25) is 0 Å². The zero-order valence-electron chi connectivity index (χ0n) is 17.2. The van der Waals surface area contributed by atoms with Crippen molar-refractivity contribution in [2.75, 3.05) is 25.2 Å². The molecule has 0 spiro atoms. The highest BCUT2D eigenvalue weighted by atomic mass is 16.5. The second-order valence-corrected chi connectivity index (χ2v) is 7.06. The van der Waals surface area contributed by atoms with E-state index in [9.17, 15) is 0 Å². The smallest absolute Gasteiger partial charge is 0.161 e. The largest absolute Gasteiger partial charge is 0.493 e. The summed E-state index contributed by atoms with van der Waals surface area (Å²) in [6.45, 7) is 5.02. The lowest BCUT2D eigenvalue weighted by Crippen LogP contribution is -2.11. The minimum atomic E-state index is 0.358. The molecule has 0 saturated carbocycles. The molecule has 3 aromatic heterocycles. The van der Waals surface area contributed by atoms with Crippen LogP contribution >= 0.6 is 0 Å². The van der Waals surface area contributed by atoms with Crippen molar-refractivity contribution in [3.63, 3.8) is 0 Å². The van der Waals surface area contributed by atoms with Crippen LogP contribution in [-0.4, -0.2) is 33.2 Å². The molecule has 154 valence electrons. The molecule has 4 rings (SSSR count). The fourth-order valence-corrected chi connectivity index (χ4v) is 3.41. The normalized spacial score (nSPS) is 11.0. The molecule has 0 radical (unpaired) electrons. The lowest BCUT2D eigenvalue weighted by molar-refractivity contribution is 0.280. The van der Waals surface area contributed by atoms with Gasteiger partial charge in [-0.25, -0.2) is 15.0 Å². The summed E-state index contributed by atoms with van der Waals surface area (Å²) in [4.78, 5) is 13.4. The first-order valence-corrected chi connectivity index (χ1v) is 9.59. The standard InChI is InChI=1S/C22H24N6O2/c1-13-4-7-18(29-3)19(10-13)30-9-8-28-14(2)25-17-6-5-16(26-22(17)28)15-11-20(23)27-21(24)12-15/h4-7,10-12H,8-9H2,1-3H3,(H4,23,24,27). The van der Waals surface area contributed by atoms with Gasteiger partial charge in [0.1, 0.15) is 29.6 Å². The molecule has 30 heavy (non-hydrogen) atoms. The maximum atomic E-state index is 5.99. The van der Waals surface area contributed by atoms with Crippen molar-refractivity contribution in [2.24, 2.45) is 0 Å². The van der Waals surface area contributed by atoms with Crippen molar-refractivity contribution in [2.45, 2.75) is 20.4 Å². The molecule has 0 bridgehead atoms. The number of hydrogen-bond acceptors (Lipinski definition) is 7. The number of pyridine rings is 2. The van der Waals surface area contributed by atoms with E-state index >= 15 is 0 Å². The van der Waals surface area contributed by atoms with Gasteiger partial charge in [-0.3, -0.25) is 0 Å². The summed E-state index contributed by atoms with van der Waals surface area (Å²) in [7, 11) is 1.63. The third kappa shape index (κ3) is 3.84. The maximum absolute atomic E-state index is 5.99. The summed E-state index contributed by atoms with van der Waals surface area (Å²) >= 11 is 0. The van der Waals surface area contributed by atoms with Crippen LogP contribution in [0.4, 0.5) is 11.6 Å². The van der Waals surface area contributed by atoms with Crippen molar-refractivity contribution in [1.29, 1.82) is 0 Å². The Morgan fingerprint density at radius 1 is 0.900 bits per heavy atom.